The van der Waals surface area contributed by atoms with Crippen molar-refractivity contribution in [3.8, 4) is 11.5 Å². The Bertz CT molecular complexity index is 1070. The van der Waals surface area contributed by atoms with Gasteiger partial charge >= 0.3 is 26.3 Å². The molecule has 0 spiro atoms. The van der Waals surface area contributed by atoms with Crippen LogP contribution in [0.5, 0.6) is 11.5 Å². The lowest BCUT2D eigenvalue weighted by molar-refractivity contribution is 0.262. The fourth-order valence-electron chi connectivity index (χ4n) is 2.39. The SMILES string of the molecule is CCCS(=O)(=O)Oc1ccc(NC(=O)Nc2cccc(OS(=O)(=O)CCC)c2)cc1. The van der Waals surface area contributed by atoms with Crippen molar-refractivity contribution < 1.29 is 30.0 Å². The first-order valence-corrected chi connectivity index (χ1v) is 12.4. The van der Waals surface area contributed by atoms with Crippen LogP contribution in [0.2, 0.25) is 0 Å². The number of urea groups is 1. The molecule has 0 aliphatic carbocycles. The number of hydrogen-bond acceptors (Lipinski definition) is 7. The highest BCUT2D eigenvalue weighted by atomic mass is 32.2. The van der Waals surface area contributed by atoms with E-state index in [9.17, 15) is 21.6 Å². The molecule has 9 nitrogen and oxygen atoms in total. The van der Waals surface area contributed by atoms with Gasteiger partial charge in [-0.2, -0.15) is 16.8 Å². The first-order chi connectivity index (χ1) is 14.1. The van der Waals surface area contributed by atoms with Crippen molar-refractivity contribution in [3.05, 3.63) is 48.5 Å². The number of carbonyl (C=O) groups excluding carboxylic acids is 1. The summed E-state index contributed by atoms with van der Waals surface area (Å²) in [6.07, 6.45) is 0.871. The summed E-state index contributed by atoms with van der Waals surface area (Å²) in [5.41, 5.74) is 0.743. The van der Waals surface area contributed by atoms with Crippen LogP contribution in [-0.4, -0.2) is 34.4 Å². The van der Waals surface area contributed by atoms with Gasteiger partial charge in [0.2, 0.25) is 0 Å². The smallest absolute Gasteiger partial charge is 0.323 e. The fraction of sp³-hybridized carbons (Fsp3) is 0.316. The van der Waals surface area contributed by atoms with Crippen molar-refractivity contribution in [1.82, 2.24) is 0 Å². The zero-order valence-corrected chi connectivity index (χ0v) is 18.3. The summed E-state index contributed by atoms with van der Waals surface area (Å²) in [6.45, 7) is 3.46. The monoisotopic (exact) mass is 456 g/mol. The van der Waals surface area contributed by atoms with E-state index in [4.69, 9.17) is 8.37 Å². The molecule has 0 radical (unpaired) electrons. The van der Waals surface area contributed by atoms with Crippen molar-refractivity contribution >= 4 is 37.6 Å². The molecule has 0 unspecified atom stereocenters. The van der Waals surface area contributed by atoms with Crippen LogP contribution in [0.25, 0.3) is 0 Å². The van der Waals surface area contributed by atoms with Gasteiger partial charge in [-0.1, -0.05) is 19.9 Å². The number of carbonyl (C=O) groups is 1. The standard InChI is InChI=1S/C19H24N2O7S2/c1-3-12-29(23,24)27-17-10-8-15(9-11-17)20-19(22)21-16-6-5-7-18(14-16)28-30(25,26)13-4-2/h5-11,14H,3-4,12-13H2,1-2H3,(H2,20,21,22). The van der Waals surface area contributed by atoms with Crippen LogP contribution in [0.3, 0.4) is 0 Å². The molecule has 0 atom stereocenters. The zero-order chi connectivity index (χ0) is 22.2. The van der Waals surface area contributed by atoms with Crippen LogP contribution in [0, 0.1) is 0 Å². The molecule has 0 aliphatic heterocycles. The summed E-state index contributed by atoms with van der Waals surface area (Å²) in [5.74, 6) is 0.0475. The van der Waals surface area contributed by atoms with Gasteiger partial charge in [-0.05, 0) is 49.2 Å². The third kappa shape index (κ3) is 7.91. The van der Waals surface area contributed by atoms with E-state index in [0.29, 0.717) is 24.2 Å². The molecule has 2 N–H and O–H groups in total. The third-order valence-corrected chi connectivity index (χ3v) is 6.27. The van der Waals surface area contributed by atoms with Gasteiger partial charge in [0.15, 0.2) is 0 Å². The first kappa shape index (κ1) is 23.5. The van der Waals surface area contributed by atoms with Gasteiger partial charge in [-0.15, -0.1) is 0 Å². The van der Waals surface area contributed by atoms with Crippen molar-refractivity contribution in [1.29, 1.82) is 0 Å². The predicted octanol–water partition coefficient (Wildman–Crippen LogP) is 3.57. The van der Waals surface area contributed by atoms with E-state index in [-0.39, 0.29) is 23.0 Å². The Morgan fingerprint density at radius 2 is 1.30 bits per heavy atom. The Balaban J connectivity index is 1.97. The van der Waals surface area contributed by atoms with Crippen LogP contribution >= 0.6 is 0 Å². The number of anilines is 2. The van der Waals surface area contributed by atoms with E-state index in [1.165, 1.54) is 36.4 Å². The van der Waals surface area contributed by atoms with Crippen LogP contribution < -0.4 is 19.0 Å². The van der Waals surface area contributed by atoms with E-state index in [2.05, 4.69) is 10.6 Å². The molecule has 0 heterocycles. The van der Waals surface area contributed by atoms with Crippen LogP contribution in [-0.2, 0) is 20.2 Å². The van der Waals surface area contributed by atoms with E-state index in [0.717, 1.165) is 0 Å². The van der Waals surface area contributed by atoms with Crippen LogP contribution in [0.15, 0.2) is 48.5 Å². The summed E-state index contributed by atoms with van der Waals surface area (Å²) < 4.78 is 56.8. The average molecular weight is 457 g/mol. The van der Waals surface area contributed by atoms with Crippen molar-refractivity contribution in [3.63, 3.8) is 0 Å². The predicted molar refractivity (Wildman–Crippen MR) is 115 cm³/mol. The molecule has 2 aromatic carbocycles. The highest BCUT2D eigenvalue weighted by molar-refractivity contribution is 7.87. The molecule has 164 valence electrons. The zero-order valence-electron chi connectivity index (χ0n) is 16.6. The molecule has 2 rings (SSSR count). The molecule has 11 heteroatoms. The van der Waals surface area contributed by atoms with Gasteiger partial charge in [0.25, 0.3) is 0 Å². The summed E-state index contributed by atoms with van der Waals surface area (Å²) >= 11 is 0. The quantitative estimate of drug-likeness (QED) is 0.523. The second-order valence-corrected chi connectivity index (χ2v) is 9.70. The lowest BCUT2D eigenvalue weighted by Crippen LogP contribution is -2.19. The Kier molecular flexibility index (Phi) is 8.07. The van der Waals surface area contributed by atoms with Crippen molar-refractivity contribution in [2.24, 2.45) is 0 Å². The van der Waals surface area contributed by atoms with Crippen molar-refractivity contribution in [2.45, 2.75) is 26.7 Å². The molecule has 0 saturated carbocycles. The van der Waals surface area contributed by atoms with Gasteiger partial charge in [0.05, 0.1) is 11.5 Å². The molecule has 0 bridgehead atoms. The number of benzene rings is 2. The minimum absolute atomic E-state index is 0.0854. The molecule has 30 heavy (non-hydrogen) atoms. The fourth-order valence-corrected chi connectivity index (χ4v) is 4.36. The van der Waals surface area contributed by atoms with Gasteiger partial charge in [0.1, 0.15) is 11.5 Å². The number of hydrogen-bond donors (Lipinski definition) is 2. The number of rotatable bonds is 10. The maximum absolute atomic E-state index is 12.2. The van der Waals surface area contributed by atoms with Crippen LogP contribution in [0.4, 0.5) is 16.2 Å². The van der Waals surface area contributed by atoms with E-state index < -0.39 is 26.3 Å². The lowest BCUT2D eigenvalue weighted by atomic mass is 10.3. The van der Waals surface area contributed by atoms with E-state index in [1.807, 2.05) is 0 Å². The molecule has 0 aromatic heterocycles. The van der Waals surface area contributed by atoms with Gasteiger partial charge in [-0.25, -0.2) is 4.79 Å². The summed E-state index contributed by atoms with van der Waals surface area (Å²) in [7, 11) is -7.32. The molecule has 0 aliphatic rings. The van der Waals surface area contributed by atoms with Gasteiger partial charge in [0, 0.05) is 17.4 Å². The topological polar surface area (TPSA) is 128 Å². The summed E-state index contributed by atoms with van der Waals surface area (Å²) in [5, 5.41) is 5.15. The maximum Gasteiger partial charge on any atom is 0.323 e. The maximum atomic E-state index is 12.2. The molecule has 0 fully saturated rings. The molecule has 0 saturated heterocycles. The Hall–Kier alpha value is -2.79. The average Bonchev–Trinajstić information content (AvgIpc) is 2.62. The first-order valence-electron chi connectivity index (χ1n) is 9.25. The van der Waals surface area contributed by atoms with Crippen molar-refractivity contribution in [2.75, 3.05) is 22.1 Å². The third-order valence-electron chi connectivity index (χ3n) is 3.56. The minimum Gasteiger partial charge on any atom is -0.382 e. The minimum atomic E-state index is -3.68. The molecular weight excluding hydrogens is 432 g/mol. The summed E-state index contributed by atoms with van der Waals surface area (Å²) in [4.78, 5) is 12.2. The highest BCUT2D eigenvalue weighted by Crippen LogP contribution is 2.21. The second-order valence-electron chi connectivity index (χ2n) is 6.32. The Morgan fingerprint density at radius 3 is 1.87 bits per heavy atom. The molecular formula is C19H24N2O7S2. The molecule has 2 aromatic rings. The van der Waals surface area contributed by atoms with Gasteiger partial charge in [-0.3, -0.25) is 0 Å². The summed E-state index contributed by atoms with van der Waals surface area (Å²) in [6, 6.07) is 11.3. The largest absolute Gasteiger partial charge is 0.382 e. The molecule has 2 amide bonds. The normalized spacial score (nSPS) is 11.5. The second kappa shape index (κ2) is 10.3. The number of nitrogens with one attached hydrogen (secondary N) is 2. The Labute approximate surface area is 176 Å². The van der Waals surface area contributed by atoms with Gasteiger partial charge < -0.3 is 19.0 Å². The lowest BCUT2D eigenvalue weighted by Gasteiger charge is -2.11. The van der Waals surface area contributed by atoms with E-state index >= 15 is 0 Å². The van der Waals surface area contributed by atoms with E-state index in [1.54, 1.807) is 26.0 Å². The Morgan fingerprint density at radius 1 is 0.767 bits per heavy atom. The van der Waals surface area contributed by atoms with Crippen LogP contribution in [0.1, 0.15) is 26.7 Å². The number of amides is 2. The highest BCUT2D eigenvalue weighted by Gasteiger charge is 2.13.